The molecule has 0 bridgehead atoms. The third kappa shape index (κ3) is 5.00. The van der Waals surface area contributed by atoms with Gasteiger partial charge in [-0.2, -0.15) is 0 Å². The van der Waals surface area contributed by atoms with Gasteiger partial charge in [-0.15, -0.1) is 0 Å². The van der Waals surface area contributed by atoms with Crippen molar-refractivity contribution >= 4 is 5.97 Å². The van der Waals surface area contributed by atoms with E-state index < -0.39 is 5.97 Å². The van der Waals surface area contributed by atoms with Crippen LogP contribution in [0.4, 0.5) is 0 Å². The van der Waals surface area contributed by atoms with Crippen LogP contribution in [0.5, 0.6) is 0 Å². The molecule has 1 heterocycles. The van der Waals surface area contributed by atoms with Gasteiger partial charge in [0, 0.05) is 31.4 Å². The number of benzene rings is 1. The normalized spacial score (nSPS) is 10.8. The topological polar surface area (TPSA) is 53.4 Å². The molecule has 0 fully saturated rings. The van der Waals surface area contributed by atoms with Crippen molar-refractivity contribution in [2.45, 2.75) is 19.4 Å². The van der Waals surface area contributed by atoms with Crippen molar-refractivity contribution in [1.29, 1.82) is 0 Å². The van der Waals surface area contributed by atoms with E-state index in [1.165, 1.54) is 0 Å². The molecular formula is C17H20N2O2. The highest BCUT2D eigenvalue weighted by atomic mass is 16.4. The van der Waals surface area contributed by atoms with Crippen LogP contribution in [0, 0.1) is 0 Å². The molecular weight excluding hydrogens is 264 g/mol. The second-order valence-corrected chi connectivity index (χ2v) is 5.15. The van der Waals surface area contributed by atoms with Gasteiger partial charge in [0.1, 0.15) is 0 Å². The van der Waals surface area contributed by atoms with E-state index in [1.54, 1.807) is 6.20 Å². The first-order valence-corrected chi connectivity index (χ1v) is 7.02. The third-order valence-electron chi connectivity index (χ3n) is 3.38. The zero-order valence-electron chi connectivity index (χ0n) is 12.2. The van der Waals surface area contributed by atoms with Crippen LogP contribution in [-0.4, -0.2) is 34.6 Å². The summed E-state index contributed by atoms with van der Waals surface area (Å²) in [5.41, 5.74) is 3.03. The Labute approximate surface area is 125 Å². The van der Waals surface area contributed by atoms with Crippen molar-refractivity contribution in [2.75, 3.05) is 13.6 Å². The number of carboxylic acids is 1. The molecule has 4 nitrogen and oxygen atoms in total. The maximum absolute atomic E-state index is 10.9. The SMILES string of the molecule is CN(CCc1ccccn1)Cc1ccccc1CC(=O)O. The predicted octanol–water partition coefficient (Wildman–Crippen LogP) is 2.38. The summed E-state index contributed by atoms with van der Waals surface area (Å²) in [6.45, 7) is 1.63. The van der Waals surface area contributed by atoms with Crippen LogP contribution in [0.2, 0.25) is 0 Å². The lowest BCUT2D eigenvalue weighted by Crippen LogP contribution is -2.22. The molecule has 0 radical (unpaired) electrons. The van der Waals surface area contributed by atoms with Crippen molar-refractivity contribution in [1.82, 2.24) is 9.88 Å². The van der Waals surface area contributed by atoms with Crippen LogP contribution in [0.1, 0.15) is 16.8 Å². The summed E-state index contributed by atoms with van der Waals surface area (Å²) in [4.78, 5) is 17.4. The van der Waals surface area contributed by atoms with Gasteiger partial charge in [-0.25, -0.2) is 0 Å². The van der Waals surface area contributed by atoms with Crippen molar-refractivity contribution in [3.8, 4) is 0 Å². The Kier molecular flexibility index (Phi) is 5.46. The van der Waals surface area contributed by atoms with Gasteiger partial charge in [-0.05, 0) is 30.3 Å². The molecule has 110 valence electrons. The van der Waals surface area contributed by atoms with Crippen LogP contribution in [0.3, 0.4) is 0 Å². The quantitative estimate of drug-likeness (QED) is 0.848. The highest BCUT2D eigenvalue weighted by Crippen LogP contribution is 2.12. The smallest absolute Gasteiger partial charge is 0.307 e. The number of carboxylic acid groups (broad SMARTS) is 1. The molecule has 0 aliphatic heterocycles. The van der Waals surface area contributed by atoms with Gasteiger partial charge in [0.2, 0.25) is 0 Å². The molecule has 1 N–H and O–H groups in total. The fourth-order valence-electron chi connectivity index (χ4n) is 2.27. The summed E-state index contributed by atoms with van der Waals surface area (Å²) >= 11 is 0. The molecule has 4 heteroatoms. The fourth-order valence-corrected chi connectivity index (χ4v) is 2.27. The second kappa shape index (κ2) is 7.55. The van der Waals surface area contributed by atoms with Crippen LogP contribution >= 0.6 is 0 Å². The maximum atomic E-state index is 10.9. The Bertz CT molecular complexity index is 584. The van der Waals surface area contributed by atoms with E-state index >= 15 is 0 Å². The zero-order chi connectivity index (χ0) is 15.1. The average molecular weight is 284 g/mol. The molecule has 0 aliphatic rings. The fraction of sp³-hybridized carbons (Fsp3) is 0.294. The first-order chi connectivity index (χ1) is 10.1. The molecule has 2 aromatic rings. The van der Waals surface area contributed by atoms with Gasteiger partial charge < -0.3 is 10.0 Å². The minimum Gasteiger partial charge on any atom is -0.481 e. The molecule has 0 aliphatic carbocycles. The van der Waals surface area contributed by atoms with E-state index in [4.69, 9.17) is 5.11 Å². The molecule has 0 spiro atoms. The highest BCUT2D eigenvalue weighted by Gasteiger charge is 2.08. The van der Waals surface area contributed by atoms with Crippen LogP contribution in [-0.2, 0) is 24.2 Å². The number of carbonyl (C=O) groups is 1. The predicted molar refractivity (Wildman–Crippen MR) is 82.1 cm³/mol. The van der Waals surface area contributed by atoms with E-state index in [2.05, 4.69) is 9.88 Å². The Hall–Kier alpha value is -2.20. The van der Waals surface area contributed by atoms with E-state index in [0.717, 1.165) is 36.3 Å². The van der Waals surface area contributed by atoms with E-state index in [1.807, 2.05) is 49.5 Å². The van der Waals surface area contributed by atoms with Gasteiger partial charge in [-0.3, -0.25) is 9.78 Å². The first kappa shape index (κ1) is 15.2. The molecule has 1 aromatic heterocycles. The number of hydrogen-bond donors (Lipinski definition) is 1. The number of hydrogen-bond acceptors (Lipinski definition) is 3. The molecule has 0 unspecified atom stereocenters. The minimum absolute atomic E-state index is 0.0737. The van der Waals surface area contributed by atoms with Gasteiger partial charge in [0.05, 0.1) is 6.42 Å². The maximum Gasteiger partial charge on any atom is 0.307 e. The average Bonchev–Trinajstić information content (AvgIpc) is 2.48. The number of likely N-dealkylation sites (N-methyl/N-ethyl adjacent to an activating group) is 1. The Morgan fingerprint density at radius 3 is 2.52 bits per heavy atom. The summed E-state index contributed by atoms with van der Waals surface area (Å²) in [5, 5.41) is 8.96. The monoisotopic (exact) mass is 284 g/mol. The van der Waals surface area contributed by atoms with Crippen molar-refractivity contribution in [3.05, 3.63) is 65.5 Å². The largest absolute Gasteiger partial charge is 0.481 e. The minimum atomic E-state index is -0.793. The van der Waals surface area contributed by atoms with E-state index in [-0.39, 0.29) is 6.42 Å². The van der Waals surface area contributed by atoms with Crippen molar-refractivity contribution in [2.24, 2.45) is 0 Å². The lowest BCUT2D eigenvalue weighted by molar-refractivity contribution is -0.136. The first-order valence-electron chi connectivity index (χ1n) is 7.02. The van der Waals surface area contributed by atoms with E-state index in [9.17, 15) is 4.79 Å². The van der Waals surface area contributed by atoms with Gasteiger partial charge >= 0.3 is 5.97 Å². The standard InChI is InChI=1S/C17H20N2O2/c1-19(11-9-16-8-4-5-10-18-16)13-15-7-3-2-6-14(15)12-17(20)21/h2-8,10H,9,11-13H2,1H3,(H,20,21). The number of rotatable bonds is 7. The summed E-state index contributed by atoms with van der Waals surface area (Å²) in [7, 11) is 2.04. The highest BCUT2D eigenvalue weighted by molar-refractivity contribution is 5.70. The molecule has 0 amide bonds. The number of pyridine rings is 1. The van der Waals surface area contributed by atoms with Gasteiger partial charge in [0.15, 0.2) is 0 Å². The Morgan fingerprint density at radius 1 is 1.14 bits per heavy atom. The van der Waals surface area contributed by atoms with Crippen molar-refractivity contribution in [3.63, 3.8) is 0 Å². The summed E-state index contributed by atoms with van der Waals surface area (Å²) < 4.78 is 0. The molecule has 0 saturated heterocycles. The zero-order valence-corrected chi connectivity index (χ0v) is 12.2. The lowest BCUT2D eigenvalue weighted by Gasteiger charge is -2.18. The Morgan fingerprint density at radius 2 is 1.86 bits per heavy atom. The summed E-state index contributed by atoms with van der Waals surface area (Å²) in [6, 6.07) is 13.6. The summed E-state index contributed by atoms with van der Waals surface area (Å²) in [5.74, 6) is -0.793. The molecule has 1 aromatic carbocycles. The van der Waals surface area contributed by atoms with Gasteiger partial charge in [-0.1, -0.05) is 30.3 Å². The molecule has 0 atom stereocenters. The van der Waals surface area contributed by atoms with Crippen LogP contribution < -0.4 is 0 Å². The number of aliphatic carboxylic acids is 1. The van der Waals surface area contributed by atoms with E-state index in [0.29, 0.717) is 0 Å². The van der Waals surface area contributed by atoms with Crippen LogP contribution in [0.25, 0.3) is 0 Å². The summed E-state index contributed by atoms with van der Waals surface area (Å²) in [6.07, 6.45) is 2.76. The van der Waals surface area contributed by atoms with Crippen LogP contribution in [0.15, 0.2) is 48.7 Å². The number of nitrogens with zero attached hydrogens (tertiary/aromatic N) is 2. The Balaban J connectivity index is 1.93. The molecule has 0 saturated carbocycles. The molecule has 2 rings (SSSR count). The lowest BCUT2D eigenvalue weighted by atomic mass is 10.0. The number of aromatic nitrogens is 1. The second-order valence-electron chi connectivity index (χ2n) is 5.15. The molecule has 21 heavy (non-hydrogen) atoms. The van der Waals surface area contributed by atoms with Crippen molar-refractivity contribution < 1.29 is 9.90 Å². The van der Waals surface area contributed by atoms with Gasteiger partial charge in [0.25, 0.3) is 0 Å². The third-order valence-corrected chi connectivity index (χ3v) is 3.38.